The zero-order valence-electron chi connectivity index (χ0n) is 16.1. The standard InChI is InChI=1S/C21H24N2O5/c1-26-18-8-3-15(13-19(18)27-2)14-22-20(24)16-4-6-17(7-5-16)21(25)23-9-11-28-12-10-23/h3-8,13H,9-12,14H2,1-2H3,(H,22,24). The first-order chi connectivity index (χ1) is 13.6. The number of ether oxygens (including phenoxy) is 3. The van der Waals surface area contributed by atoms with E-state index in [0.717, 1.165) is 5.56 Å². The topological polar surface area (TPSA) is 77.1 Å². The minimum Gasteiger partial charge on any atom is -0.493 e. The minimum absolute atomic E-state index is 0.0411. The molecule has 0 aliphatic carbocycles. The first-order valence-electron chi connectivity index (χ1n) is 9.08. The van der Waals surface area contributed by atoms with Crippen LogP contribution < -0.4 is 14.8 Å². The van der Waals surface area contributed by atoms with Crippen molar-refractivity contribution in [2.75, 3.05) is 40.5 Å². The molecule has 0 unspecified atom stereocenters. The van der Waals surface area contributed by atoms with E-state index < -0.39 is 0 Å². The Hall–Kier alpha value is -3.06. The number of benzene rings is 2. The predicted octanol–water partition coefficient (Wildman–Crippen LogP) is 2.11. The van der Waals surface area contributed by atoms with Crippen LogP contribution in [0.2, 0.25) is 0 Å². The van der Waals surface area contributed by atoms with Crippen molar-refractivity contribution in [2.45, 2.75) is 6.54 Å². The van der Waals surface area contributed by atoms with Crippen LogP contribution in [0.4, 0.5) is 0 Å². The molecule has 0 saturated carbocycles. The second-order valence-corrected chi connectivity index (χ2v) is 6.35. The molecule has 0 aromatic heterocycles. The lowest BCUT2D eigenvalue weighted by atomic mass is 10.1. The van der Waals surface area contributed by atoms with Crippen LogP contribution in [0.5, 0.6) is 11.5 Å². The molecular formula is C21H24N2O5. The van der Waals surface area contributed by atoms with Gasteiger partial charge in [-0.05, 0) is 42.0 Å². The summed E-state index contributed by atoms with van der Waals surface area (Å²) < 4.78 is 15.7. The van der Waals surface area contributed by atoms with Gasteiger partial charge >= 0.3 is 0 Å². The van der Waals surface area contributed by atoms with Gasteiger partial charge in [-0.15, -0.1) is 0 Å². The van der Waals surface area contributed by atoms with Crippen molar-refractivity contribution < 1.29 is 23.8 Å². The molecule has 1 aliphatic heterocycles. The van der Waals surface area contributed by atoms with Crippen LogP contribution in [0.1, 0.15) is 26.3 Å². The molecule has 0 radical (unpaired) electrons. The molecule has 2 aromatic rings. The Bertz CT molecular complexity index is 829. The Morgan fingerprint density at radius 2 is 1.61 bits per heavy atom. The Labute approximate surface area is 164 Å². The summed E-state index contributed by atoms with van der Waals surface area (Å²) in [6.45, 7) is 2.65. The predicted molar refractivity (Wildman–Crippen MR) is 104 cm³/mol. The van der Waals surface area contributed by atoms with Gasteiger partial charge in [-0.1, -0.05) is 6.07 Å². The summed E-state index contributed by atoms with van der Waals surface area (Å²) in [6.07, 6.45) is 0. The first kappa shape index (κ1) is 19.7. The number of methoxy groups -OCH3 is 2. The van der Waals surface area contributed by atoms with Gasteiger partial charge in [-0.25, -0.2) is 0 Å². The zero-order valence-corrected chi connectivity index (χ0v) is 16.1. The fourth-order valence-corrected chi connectivity index (χ4v) is 2.99. The van der Waals surface area contributed by atoms with Crippen molar-refractivity contribution in [1.29, 1.82) is 0 Å². The number of amides is 2. The summed E-state index contributed by atoms with van der Waals surface area (Å²) >= 11 is 0. The number of morpholine rings is 1. The number of hydrogen-bond donors (Lipinski definition) is 1. The monoisotopic (exact) mass is 384 g/mol. The molecule has 2 aromatic carbocycles. The maximum absolute atomic E-state index is 12.5. The Morgan fingerprint density at radius 3 is 2.25 bits per heavy atom. The van der Waals surface area contributed by atoms with Crippen molar-refractivity contribution >= 4 is 11.8 Å². The number of nitrogens with one attached hydrogen (secondary N) is 1. The second kappa shape index (κ2) is 9.23. The molecule has 1 aliphatic rings. The lowest BCUT2D eigenvalue weighted by molar-refractivity contribution is 0.0303. The van der Waals surface area contributed by atoms with E-state index in [9.17, 15) is 9.59 Å². The number of hydrogen-bond acceptors (Lipinski definition) is 5. The molecule has 1 heterocycles. The molecule has 0 bridgehead atoms. The molecule has 28 heavy (non-hydrogen) atoms. The van der Waals surface area contributed by atoms with E-state index in [4.69, 9.17) is 14.2 Å². The maximum atomic E-state index is 12.5. The van der Waals surface area contributed by atoms with E-state index in [1.165, 1.54) is 0 Å². The smallest absolute Gasteiger partial charge is 0.254 e. The molecule has 7 heteroatoms. The van der Waals surface area contributed by atoms with Gasteiger partial charge in [0.1, 0.15) is 0 Å². The lowest BCUT2D eigenvalue weighted by Crippen LogP contribution is -2.40. The van der Waals surface area contributed by atoms with Crippen LogP contribution in [0.15, 0.2) is 42.5 Å². The SMILES string of the molecule is COc1ccc(CNC(=O)c2ccc(C(=O)N3CCOCC3)cc2)cc1OC. The van der Waals surface area contributed by atoms with Crippen LogP contribution >= 0.6 is 0 Å². The number of rotatable bonds is 6. The van der Waals surface area contributed by atoms with Gasteiger partial charge in [0.25, 0.3) is 11.8 Å². The number of carbonyl (C=O) groups excluding carboxylic acids is 2. The lowest BCUT2D eigenvalue weighted by Gasteiger charge is -2.26. The summed E-state index contributed by atoms with van der Waals surface area (Å²) in [5.74, 6) is 0.999. The van der Waals surface area contributed by atoms with Gasteiger partial charge in [0.2, 0.25) is 0 Å². The van der Waals surface area contributed by atoms with E-state index in [1.54, 1.807) is 49.5 Å². The van der Waals surface area contributed by atoms with E-state index in [1.807, 2.05) is 12.1 Å². The van der Waals surface area contributed by atoms with Crippen LogP contribution in [-0.4, -0.2) is 57.2 Å². The molecule has 7 nitrogen and oxygen atoms in total. The van der Waals surface area contributed by atoms with Gasteiger partial charge in [0.15, 0.2) is 11.5 Å². The molecule has 3 rings (SSSR count). The molecule has 2 amide bonds. The minimum atomic E-state index is -0.208. The highest BCUT2D eigenvalue weighted by Gasteiger charge is 2.18. The van der Waals surface area contributed by atoms with Crippen LogP contribution in [0.3, 0.4) is 0 Å². The third kappa shape index (κ3) is 4.61. The highest BCUT2D eigenvalue weighted by Crippen LogP contribution is 2.27. The zero-order chi connectivity index (χ0) is 19.9. The Morgan fingerprint density at radius 1 is 0.964 bits per heavy atom. The van der Waals surface area contributed by atoms with Gasteiger partial charge in [0.05, 0.1) is 27.4 Å². The van der Waals surface area contributed by atoms with Gasteiger partial charge < -0.3 is 24.4 Å². The number of nitrogens with zero attached hydrogens (tertiary/aromatic N) is 1. The average molecular weight is 384 g/mol. The van der Waals surface area contributed by atoms with Crippen LogP contribution in [0.25, 0.3) is 0 Å². The maximum Gasteiger partial charge on any atom is 0.254 e. The quantitative estimate of drug-likeness (QED) is 0.825. The largest absolute Gasteiger partial charge is 0.493 e. The van der Waals surface area contributed by atoms with E-state index in [-0.39, 0.29) is 11.8 Å². The van der Waals surface area contributed by atoms with Crippen molar-refractivity contribution in [3.05, 3.63) is 59.2 Å². The summed E-state index contributed by atoms with van der Waals surface area (Å²) in [5.41, 5.74) is 1.96. The summed E-state index contributed by atoms with van der Waals surface area (Å²) in [4.78, 5) is 26.6. The highest BCUT2D eigenvalue weighted by atomic mass is 16.5. The number of carbonyl (C=O) groups is 2. The van der Waals surface area contributed by atoms with Gasteiger partial charge in [-0.3, -0.25) is 9.59 Å². The summed E-state index contributed by atoms with van der Waals surface area (Å²) in [7, 11) is 3.15. The third-order valence-electron chi connectivity index (χ3n) is 4.59. The molecule has 1 fully saturated rings. The second-order valence-electron chi connectivity index (χ2n) is 6.35. The highest BCUT2D eigenvalue weighted by molar-refractivity contribution is 5.97. The molecular weight excluding hydrogens is 360 g/mol. The van der Waals surface area contributed by atoms with Crippen LogP contribution in [-0.2, 0) is 11.3 Å². The normalized spacial score (nSPS) is 13.7. The third-order valence-corrected chi connectivity index (χ3v) is 4.59. The molecule has 148 valence electrons. The molecule has 1 saturated heterocycles. The molecule has 0 spiro atoms. The van der Waals surface area contributed by atoms with Crippen molar-refractivity contribution in [2.24, 2.45) is 0 Å². The summed E-state index contributed by atoms with van der Waals surface area (Å²) in [6, 6.07) is 12.2. The van der Waals surface area contributed by atoms with Crippen molar-refractivity contribution in [1.82, 2.24) is 10.2 Å². The van der Waals surface area contributed by atoms with E-state index in [0.29, 0.717) is 55.5 Å². The fourth-order valence-electron chi connectivity index (χ4n) is 2.99. The molecule has 1 N–H and O–H groups in total. The first-order valence-corrected chi connectivity index (χ1v) is 9.08. The van der Waals surface area contributed by atoms with Gasteiger partial charge in [-0.2, -0.15) is 0 Å². The summed E-state index contributed by atoms with van der Waals surface area (Å²) in [5, 5.41) is 2.87. The van der Waals surface area contributed by atoms with Crippen molar-refractivity contribution in [3.8, 4) is 11.5 Å². The van der Waals surface area contributed by atoms with E-state index >= 15 is 0 Å². The fraction of sp³-hybridized carbons (Fsp3) is 0.333. The Kier molecular flexibility index (Phi) is 6.49. The van der Waals surface area contributed by atoms with E-state index in [2.05, 4.69) is 5.32 Å². The molecule has 0 atom stereocenters. The van der Waals surface area contributed by atoms with Gasteiger partial charge in [0, 0.05) is 30.8 Å². The Balaban J connectivity index is 1.59. The average Bonchev–Trinajstić information content (AvgIpc) is 2.77. The van der Waals surface area contributed by atoms with Crippen molar-refractivity contribution in [3.63, 3.8) is 0 Å². The van der Waals surface area contributed by atoms with Crippen LogP contribution in [0, 0.1) is 0 Å².